The number of nitrogens with two attached hydrogens (primary N) is 1. The van der Waals surface area contributed by atoms with Gasteiger partial charge in [-0.05, 0) is 47.2 Å². The maximum Gasteiger partial charge on any atom is 0.331 e. The molecule has 4 N–H and O–H groups in total. The highest BCUT2D eigenvalue weighted by atomic mass is 127. The van der Waals surface area contributed by atoms with Crippen LogP contribution in [0, 0.1) is 3.57 Å². The van der Waals surface area contributed by atoms with Crippen molar-refractivity contribution in [2.75, 3.05) is 0 Å². The number of halogens is 1. The number of benzene rings is 1. The summed E-state index contributed by atoms with van der Waals surface area (Å²) >= 11 is 1.91. The fourth-order valence-electron chi connectivity index (χ4n) is 1.33. The van der Waals surface area contributed by atoms with Crippen molar-refractivity contribution in [2.24, 2.45) is 5.73 Å². The average Bonchev–Trinajstić information content (AvgIpc) is 2.22. The van der Waals surface area contributed by atoms with Gasteiger partial charge in [-0.2, -0.15) is 0 Å². The Kier molecular flexibility index (Phi) is 4.10. The predicted molar refractivity (Wildman–Crippen MR) is 69.8 cm³/mol. The largest absolute Gasteiger partial charge is 0.507 e. The Labute approximate surface area is 112 Å². The lowest BCUT2D eigenvalue weighted by molar-refractivity contribution is -0.147. The summed E-state index contributed by atoms with van der Waals surface area (Å²) in [5.74, 6) is -1.85. The van der Waals surface area contributed by atoms with Crippen molar-refractivity contribution < 1.29 is 19.8 Å². The fourth-order valence-corrected chi connectivity index (χ4v) is 1.91. The van der Waals surface area contributed by atoms with Crippen molar-refractivity contribution in [1.82, 2.24) is 0 Å². The minimum Gasteiger partial charge on any atom is -0.507 e. The van der Waals surface area contributed by atoms with Gasteiger partial charge in [-0.3, -0.25) is 4.79 Å². The van der Waals surface area contributed by atoms with E-state index in [4.69, 9.17) is 10.8 Å². The molecular weight excluding hydrogens is 337 g/mol. The average molecular weight is 349 g/mol. The number of phenols is 1. The van der Waals surface area contributed by atoms with Crippen molar-refractivity contribution in [3.63, 3.8) is 0 Å². The number of carbonyl (C=O) groups is 2. The Morgan fingerprint density at radius 3 is 2.47 bits per heavy atom. The van der Waals surface area contributed by atoms with Gasteiger partial charge in [-0.1, -0.05) is 6.07 Å². The maximum absolute atomic E-state index is 11.3. The third kappa shape index (κ3) is 2.95. The summed E-state index contributed by atoms with van der Waals surface area (Å²) in [7, 11) is 0. The molecular formula is C11H12INO4. The molecule has 5 nitrogen and oxygen atoms in total. The van der Waals surface area contributed by atoms with E-state index in [1.165, 1.54) is 6.07 Å². The van der Waals surface area contributed by atoms with Gasteiger partial charge >= 0.3 is 5.97 Å². The van der Waals surface area contributed by atoms with Crippen LogP contribution < -0.4 is 5.73 Å². The van der Waals surface area contributed by atoms with Crippen LogP contribution in [0.2, 0.25) is 0 Å². The molecule has 0 bridgehead atoms. The van der Waals surface area contributed by atoms with Crippen LogP contribution in [0.1, 0.15) is 12.5 Å². The molecule has 1 rings (SSSR count). The van der Waals surface area contributed by atoms with Crippen LogP contribution in [0.3, 0.4) is 0 Å². The van der Waals surface area contributed by atoms with Crippen molar-refractivity contribution in [1.29, 1.82) is 0 Å². The number of ketones is 1. The second kappa shape index (κ2) is 5.01. The van der Waals surface area contributed by atoms with E-state index >= 15 is 0 Å². The van der Waals surface area contributed by atoms with Crippen molar-refractivity contribution in [3.8, 4) is 5.75 Å². The van der Waals surface area contributed by atoms with E-state index in [9.17, 15) is 14.7 Å². The summed E-state index contributed by atoms with van der Waals surface area (Å²) in [5.41, 5.74) is 4.26. The number of Topliss-reactive ketones (excluding diaryl/α,β-unsaturated/α-hetero) is 1. The third-order valence-electron chi connectivity index (χ3n) is 2.50. The zero-order valence-electron chi connectivity index (χ0n) is 9.11. The number of carboxylic acid groups (broad SMARTS) is 1. The van der Waals surface area contributed by atoms with Gasteiger partial charge in [0.05, 0.1) is 3.57 Å². The van der Waals surface area contributed by atoms with Gasteiger partial charge in [-0.25, -0.2) is 4.79 Å². The molecule has 0 saturated carbocycles. The second-order valence-electron chi connectivity index (χ2n) is 3.80. The van der Waals surface area contributed by atoms with Gasteiger partial charge in [0.15, 0.2) is 11.3 Å². The van der Waals surface area contributed by atoms with E-state index in [1.54, 1.807) is 12.1 Å². The highest BCUT2D eigenvalue weighted by molar-refractivity contribution is 14.1. The molecule has 1 unspecified atom stereocenters. The topological polar surface area (TPSA) is 101 Å². The molecule has 1 aromatic carbocycles. The molecule has 0 radical (unpaired) electrons. The van der Waals surface area contributed by atoms with E-state index in [0.717, 1.165) is 6.92 Å². The Bertz CT molecular complexity index is 459. The monoisotopic (exact) mass is 349 g/mol. The summed E-state index contributed by atoms with van der Waals surface area (Å²) < 4.78 is 0.580. The molecule has 92 valence electrons. The van der Waals surface area contributed by atoms with Gasteiger partial charge in [0.1, 0.15) is 5.75 Å². The van der Waals surface area contributed by atoms with Crippen LogP contribution in [-0.2, 0) is 16.0 Å². The minimum atomic E-state index is -1.92. The molecule has 1 atom stereocenters. The number of aromatic hydroxyl groups is 1. The Morgan fingerprint density at radius 1 is 1.47 bits per heavy atom. The van der Waals surface area contributed by atoms with Gasteiger partial charge < -0.3 is 15.9 Å². The van der Waals surface area contributed by atoms with Crippen LogP contribution in [0.15, 0.2) is 18.2 Å². The Balaban J connectivity index is 3.07. The molecule has 17 heavy (non-hydrogen) atoms. The van der Waals surface area contributed by atoms with Crippen molar-refractivity contribution >= 4 is 34.3 Å². The third-order valence-corrected chi connectivity index (χ3v) is 3.37. The number of carboxylic acids is 1. The molecule has 6 heteroatoms. The summed E-state index contributed by atoms with van der Waals surface area (Å²) in [6.45, 7) is 1.15. The summed E-state index contributed by atoms with van der Waals surface area (Å²) in [5, 5.41) is 18.3. The molecule has 0 aliphatic carbocycles. The highest BCUT2D eigenvalue weighted by Crippen LogP contribution is 2.22. The van der Waals surface area contributed by atoms with Crippen LogP contribution in [0.4, 0.5) is 0 Å². The lowest BCUT2D eigenvalue weighted by Crippen LogP contribution is -2.55. The highest BCUT2D eigenvalue weighted by Gasteiger charge is 2.39. The number of phenolic OH excluding ortho intramolecular Hbond substituents is 1. The molecule has 0 heterocycles. The molecule has 0 spiro atoms. The Hall–Kier alpha value is -1.15. The number of carbonyl (C=O) groups excluding carboxylic acids is 1. The zero-order valence-corrected chi connectivity index (χ0v) is 11.3. The van der Waals surface area contributed by atoms with E-state index in [2.05, 4.69) is 0 Å². The standard InChI is InChI=1S/C11H12INO4/c1-6(14)11(13,10(16)17)5-7-2-3-9(15)8(12)4-7/h2-4,15H,5,13H2,1H3,(H,16,17). The maximum atomic E-state index is 11.3. The molecule has 0 aliphatic heterocycles. The number of hydrogen-bond donors (Lipinski definition) is 3. The summed E-state index contributed by atoms with van der Waals surface area (Å²) in [6.07, 6.45) is -0.103. The first-order valence-corrected chi connectivity index (χ1v) is 5.86. The van der Waals surface area contributed by atoms with Crippen LogP contribution >= 0.6 is 22.6 Å². The fraction of sp³-hybridized carbons (Fsp3) is 0.273. The SMILES string of the molecule is CC(=O)C(N)(Cc1ccc(O)c(I)c1)C(=O)O. The van der Waals surface area contributed by atoms with E-state index < -0.39 is 17.3 Å². The van der Waals surface area contributed by atoms with Gasteiger partial charge in [0.2, 0.25) is 0 Å². The molecule has 0 aromatic heterocycles. The van der Waals surface area contributed by atoms with Crippen molar-refractivity contribution in [2.45, 2.75) is 18.9 Å². The lowest BCUT2D eigenvalue weighted by Gasteiger charge is -2.21. The Morgan fingerprint density at radius 2 is 2.06 bits per heavy atom. The number of aliphatic carboxylic acids is 1. The molecule has 1 aromatic rings. The predicted octanol–water partition coefficient (Wildman–Crippen LogP) is 0.910. The first-order valence-electron chi connectivity index (χ1n) is 4.78. The number of hydrogen-bond acceptors (Lipinski definition) is 4. The van der Waals surface area contributed by atoms with Gasteiger partial charge in [0.25, 0.3) is 0 Å². The van der Waals surface area contributed by atoms with Gasteiger partial charge in [0, 0.05) is 6.42 Å². The molecule has 0 saturated heterocycles. The summed E-state index contributed by atoms with van der Waals surface area (Å²) in [6, 6.07) is 4.59. The smallest absolute Gasteiger partial charge is 0.331 e. The first kappa shape index (κ1) is 13.9. The van der Waals surface area contributed by atoms with Gasteiger partial charge in [-0.15, -0.1) is 0 Å². The second-order valence-corrected chi connectivity index (χ2v) is 4.96. The quantitative estimate of drug-likeness (QED) is 0.554. The molecule has 0 aliphatic rings. The van der Waals surface area contributed by atoms with Crippen LogP contribution in [0.25, 0.3) is 0 Å². The van der Waals surface area contributed by atoms with Crippen LogP contribution in [-0.4, -0.2) is 27.5 Å². The minimum absolute atomic E-state index is 0.103. The first-order chi connectivity index (χ1) is 7.77. The number of rotatable bonds is 4. The molecule has 0 amide bonds. The van der Waals surface area contributed by atoms with E-state index in [1.807, 2.05) is 22.6 Å². The van der Waals surface area contributed by atoms with Crippen LogP contribution in [0.5, 0.6) is 5.75 Å². The lowest BCUT2D eigenvalue weighted by atomic mass is 9.88. The molecule has 0 fully saturated rings. The normalized spacial score (nSPS) is 14.1. The van der Waals surface area contributed by atoms with E-state index in [-0.39, 0.29) is 12.2 Å². The van der Waals surface area contributed by atoms with Crippen molar-refractivity contribution in [3.05, 3.63) is 27.3 Å². The van der Waals surface area contributed by atoms with E-state index in [0.29, 0.717) is 9.13 Å². The summed E-state index contributed by atoms with van der Waals surface area (Å²) in [4.78, 5) is 22.3. The zero-order chi connectivity index (χ0) is 13.2.